The maximum Gasteiger partial charge on any atom is 0.121 e. The molecule has 4 heteroatoms. The van der Waals surface area contributed by atoms with Crippen molar-refractivity contribution < 1.29 is 9.15 Å². The van der Waals surface area contributed by atoms with Crippen LogP contribution in [-0.2, 0) is 4.74 Å². The Morgan fingerprint density at radius 2 is 2.29 bits per heavy atom. The maximum absolute atomic E-state index is 5.76. The molecule has 0 aromatic carbocycles. The monoisotopic (exact) mass is 238 g/mol. The van der Waals surface area contributed by atoms with E-state index >= 15 is 0 Å². The van der Waals surface area contributed by atoms with E-state index in [4.69, 9.17) is 9.15 Å². The Labute approximate surface area is 103 Å². The zero-order chi connectivity index (χ0) is 12.3. The number of nitrogens with zero attached hydrogens (tertiary/aromatic N) is 1. The van der Waals surface area contributed by atoms with E-state index in [9.17, 15) is 0 Å². The van der Waals surface area contributed by atoms with Crippen molar-refractivity contribution in [2.75, 3.05) is 33.8 Å². The third-order valence-corrected chi connectivity index (χ3v) is 3.20. The molecule has 0 bridgehead atoms. The molecule has 2 rings (SSSR count). The number of ether oxygens (including phenoxy) is 1. The number of hydrogen-bond donors (Lipinski definition) is 1. The third-order valence-electron chi connectivity index (χ3n) is 3.20. The lowest BCUT2D eigenvalue weighted by Gasteiger charge is -2.29. The lowest BCUT2D eigenvalue weighted by Crippen LogP contribution is -2.40. The van der Waals surface area contributed by atoms with E-state index in [2.05, 4.69) is 30.4 Å². The first kappa shape index (κ1) is 12.6. The van der Waals surface area contributed by atoms with Gasteiger partial charge in [-0.2, -0.15) is 0 Å². The molecule has 0 spiro atoms. The Morgan fingerprint density at radius 3 is 2.82 bits per heavy atom. The molecule has 2 unspecified atom stereocenters. The zero-order valence-electron chi connectivity index (χ0n) is 10.9. The highest BCUT2D eigenvalue weighted by atomic mass is 16.5. The van der Waals surface area contributed by atoms with E-state index in [0.717, 1.165) is 37.6 Å². The lowest BCUT2D eigenvalue weighted by atomic mass is 10.1. The fourth-order valence-corrected chi connectivity index (χ4v) is 2.23. The largest absolute Gasteiger partial charge is 0.465 e. The summed E-state index contributed by atoms with van der Waals surface area (Å²) in [4.78, 5) is 2.19. The van der Waals surface area contributed by atoms with Gasteiger partial charge in [-0.05, 0) is 39.6 Å². The summed E-state index contributed by atoms with van der Waals surface area (Å²) < 4.78 is 11.5. The molecule has 1 fully saturated rings. The molecule has 2 heterocycles. The average Bonchev–Trinajstić information content (AvgIpc) is 2.73. The summed E-state index contributed by atoms with van der Waals surface area (Å²) in [5, 5.41) is 3.36. The minimum atomic E-state index is 0.279. The molecule has 4 nitrogen and oxygen atoms in total. The van der Waals surface area contributed by atoms with Gasteiger partial charge in [0, 0.05) is 13.1 Å². The number of nitrogens with one attached hydrogen (secondary N) is 1. The van der Waals surface area contributed by atoms with Gasteiger partial charge in [-0.3, -0.25) is 4.90 Å². The molecule has 1 N–H and O–H groups in total. The quantitative estimate of drug-likeness (QED) is 0.864. The van der Waals surface area contributed by atoms with E-state index in [1.807, 2.05) is 13.0 Å². The number of furan rings is 1. The Hall–Kier alpha value is -0.840. The van der Waals surface area contributed by atoms with E-state index in [-0.39, 0.29) is 12.1 Å². The first-order valence-electron chi connectivity index (χ1n) is 6.22. The summed E-state index contributed by atoms with van der Waals surface area (Å²) in [5.41, 5.74) is 0. The van der Waals surface area contributed by atoms with Crippen molar-refractivity contribution in [3.8, 4) is 0 Å². The average molecular weight is 238 g/mol. The first-order chi connectivity index (χ1) is 8.16. The highest BCUT2D eigenvalue weighted by molar-refractivity contribution is 5.10. The van der Waals surface area contributed by atoms with Crippen LogP contribution in [0.25, 0.3) is 0 Å². The van der Waals surface area contributed by atoms with Gasteiger partial charge in [-0.15, -0.1) is 0 Å². The molecule has 0 aliphatic carbocycles. The molecule has 1 aliphatic rings. The highest BCUT2D eigenvalue weighted by Gasteiger charge is 2.24. The molecule has 1 saturated heterocycles. The predicted octanol–water partition coefficient (Wildman–Crippen LogP) is 1.57. The number of hydrogen-bond acceptors (Lipinski definition) is 4. The molecule has 1 aromatic rings. The Kier molecular flexibility index (Phi) is 4.20. The second-order valence-corrected chi connectivity index (χ2v) is 4.86. The summed E-state index contributed by atoms with van der Waals surface area (Å²) in [6, 6.07) is 4.37. The second-order valence-electron chi connectivity index (χ2n) is 4.86. The normalized spacial score (nSPS) is 22.9. The Bertz CT molecular complexity index is 343. The first-order valence-corrected chi connectivity index (χ1v) is 6.22. The molecule has 0 amide bonds. The molecule has 0 radical (unpaired) electrons. The van der Waals surface area contributed by atoms with Gasteiger partial charge in [0.2, 0.25) is 0 Å². The van der Waals surface area contributed by atoms with Gasteiger partial charge in [0.15, 0.2) is 0 Å². The van der Waals surface area contributed by atoms with Crippen LogP contribution in [0.2, 0.25) is 0 Å². The maximum atomic E-state index is 5.76. The van der Waals surface area contributed by atoms with E-state index in [0.29, 0.717) is 0 Å². The van der Waals surface area contributed by atoms with Gasteiger partial charge in [-0.1, -0.05) is 0 Å². The van der Waals surface area contributed by atoms with Crippen LogP contribution in [0.1, 0.15) is 24.0 Å². The Balaban J connectivity index is 2.01. The molecule has 17 heavy (non-hydrogen) atoms. The summed E-state index contributed by atoms with van der Waals surface area (Å²) >= 11 is 0. The highest BCUT2D eigenvalue weighted by Crippen LogP contribution is 2.26. The van der Waals surface area contributed by atoms with Gasteiger partial charge in [0.1, 0.15) is 11.5 Å². The van der Waals surface area contributed by atoms with Gasteiger partial charge >= 0.3 is 0 Å². The molecule has 2 atom stereocenters. The van der Waals surface area contributed by atoms with Crippen LogP contribution in [0.15, 0.2) is 16.5 Å². The summed E-state index contributed by atoms with van der Waals surface area (Å²) in [6.07, 6.45) is 1.24. The van der Waals surface area contributed by atoms with Crippen molar-refractivity contribution in [1.29, 1.82) is 0 Å². The molecule has 96 valence electrons. The fourth-order valence-electron chi connectivity index (χ4n) is 2.23. The zero-order valence-corrected chi connectivity index (χ0v) is 10.9. The van der Waals surface area contributed by atoms with Crippen LogP contribution in [-0.4, -0.2) is 44.8 Å². The number of rotatable bonds is 4. The smallest absolute Gasteiger partial charge is 0.121 e. The summed E-state index contributed by atoms with van der Waals surface area (Å²) in [5.74, 6) is 2.00. The predicted molar refractivity (Wildman–Crippen MR) is 67.1 cm³/mol. The van der Waals surface area contributed by atoms with Crippen LogP contribution < -0.4 is 5.32 Å². The van der Waals surface area contributed by atoms with Crippen molar-refractivity contribution in [3.05, 3.63) is 23.7 Å². The Morgan fingerprint density at radius 1 is 1.47 bits per heavy atom. The van der Waals surface area contributed by atoms with Gasteiger partial charge in [0.25, 0.3) is 0 Å². The molecule has 1 aromatic heterocycles. The second kappa shape index (κ2) is 5.67. The summed E-state index contributed by atoms with van der Waals surface area (Å²) in [6.45, 7) is 4.68. The SMILES string of the molecule is Cc1ccc(C(CC2CNCCO2)N(C)C)o1. The minimum absolute atomic E-state index is 0.279. The van der Waals surface area contributed by atoms with Crippen molar-refractivity contribution in [2.24, 2.45) is 0 Å². The van der Waals surface area contributed by atoms with Gasteiger partial charge in [0.05, 0.1) is 18.8 Å². The van der Waals surface area contributed by atoms with Crippen LogP contribution in [0, 0.1) is 6.92 Å². The lowest BCUT2D eigenvalue weighted by molar-refractivity contribution is 0.00648. The van der Waals surface area contributed by atoms with Crippen molar-refractivity contribution in [3.63, 3.8) is 0 Å². The van der Waals surface area contributed by atoms with Crippen LogP contribution in [0.5, 0.6) is 0 Å². The molecular formula is C13H22N2O2. The van der Waals surface area contributed by atoms with Crippen molar-refractivity contribution >= 4 is 0 Å². The van der Waals surface area contributed by atoms with Crippen molar-refractivity contribution in [1.82, 2.24) is 10.2 Å². The number of morpholine rings is 1. The summed E-state index contributed by atoms with van der Waals surface area (Å²) in [7, 11) is 4.16. The van der Waals surface area contributed by atoms with Gasteiger partial charge < -0.3 is 14.5 Å². The third kappa shape index (κ3) is 3.31. The topological polar surface area (TPSA) is 37.6 Å². The van der Waals surface area contributed by atoms with E-state index < -0.39 is 0 Å². The molecular weight excluding hydrogens is 216 g/mol. The number of aryl methyl sites for hydroxylation is 1. The van der Waals surface area contributed by atoms with E-state index in [1.54, 1.807) is 0 Å². The fraction of sp³-hybridized carbons (Fsp3) is 0.692. The van der Waals surface area contributed by atoms with Crippen LogP contribution >= 0.6 is 0 Å². The van der Waals surface area contributed by atoms with Crippen molar-refractivity contribution in [2.45, 2.75) is 25.5 Å². The van der Waals surface area contributed by atoms with Crippen LogP contribution in [0.3, 0.4) is 0 Å². The standard InChI is InChI=1S/C13H22N2O2/c1-10-4-5-13(17-10)12(15(2)3)8-11-9-14-6-7-16-11/h4-5,11-12,14H,6-9H2,1-3H3. The minimum Gasteiger partial charge on any atom is -0.465 e. The van der Waals surface area contributed by atoms with Gasteiger partial charge in [-0.25, -0.2) is 0 Å². The molecule has 1 aliphatic heterocycles. The van der Waals surface area contributed by atoms with E-state index in [1.165, 1.54) is 0 Å². The molecule has 0 saturated carbocycles. The van der Waals surface area contributed by atoms with Crippen LogP contribution in [0.4, 0.5) is 0 Å².